The number of carbonyl (C=O) groups excluding carboxylic acids is 3. The summed E-state index contributed by atoms with van der Waals surface area (Å²) in [5.74, 6) is 0.219. The third-order valence-electron chi connectivity index (χ3n) is 7.34. The molecule has 2 amide bonds. The van der Waals surface area contributed by atoms with E-state index in [0.29, 0.717) is 29.4 Å². The number of likely N-dealkylation sites (N-methyl/N-ethyl adjacent to an activating group) is 1. The van der Waals surface area contributed by atoms with E-state index in [1.165, 1.54) is 24.7 Å². The van der Waals surface area contributed by atoms with E-state index in [2.05, 4.69) is 20.6 Å². The van der Waals surface area contributed by atoms with Crippen LogP contribution in [0.1, 0.15) is 87.2 Å². The number of benzene rings is 1. The summed E-state index contributed by atoms with van der Waals surface area (Å²) in [7, 11) is 1.63. The molecule has 0 unspecified atom stereocenters. The first-order valence-electron chi connectivity index (χ1n) is 13.6. The highest BCUT2D eigenvalue weighted by molar-refractivity contribution is 6.06. The van der Waals surface area contributed by atoms with E-state index in [-0.39, 0.29) is 24.1 Å². The number of hydrogen-bond acceptors (Lipinski definition) is 7. The van der Waals surface area contributed by atoms with E-state index in [4.69, 9.17) is 4.42 Å². The zero-order chi connectivity index (χ0) is 27.2. The number of carbonyl (C=O) groups is 3. The molecule has 4 rings (SSSR count). The van der Waals surface area contributed by atoms with Gasteiger partial charge in [0.25, 0.3) is 0 Å². The van der Waals surface area contributed by atoms with Gasteiger partial charge in [-0.2, -0.15) is 5.10 Å². The van der Waals surface area contributed by atoms with Crippen LogP contribution in [0, 0.1) is 6.92 Å². The first-order valence-corrected chi connectivity index (χ1v) is 13.6. The molecule has 0 saturated heterocycles. The molecule has 10 heteroatoms. The molecule has 3 aromatic rings. The molecular formula is C28H38N6O4. The van der Waals surface area contributed by atoms with Crippen LogP contribution >= 0.6 is 0 Å². The van der Waals surface area contributed by atoms with Crippen LogP contribution < -0.4 is 5.32 Å². The Balaban J connectivity index is 1.75. The zero-order valence-corrected chi connectivity index (χ0v) is 22.9. The minimum atomic E-state index is -0.620. The van der Waals surface area contributed by atoms with Gasteiger partial charge in [-0.25, -0.2) is 0 Å². The largest absolute Gasteiger partial charge is 0.421 e. The predicted molar refractivity (Wildman–Crippen MR) is 144 cm³/mol. The number of aryl methyl sites for hydroxylation is 2. The highest BCUT2D eigenvalue weighted by atomic mass is 16.4. The molecule has 1 aliphatic rings. The van der Waals surface area contributed by atoms with Gasteiger partial charge < -0.3 is 14.6 Å². The van der Waals surface area contributed by atoms with Gasteiger partial charge in [-0.05, 0) is 43.9 Å². The highest BCUT2D eigenvalue weighted by Crippen LogP contribution is 2.31. The van der Waals surface area contributed by atoms with Crippen LogP contribution in [0.2, 0.25) is 0 Å². The Morgan fingerprint density at radius 3 is 2.37 bits per heavy atom. The molecule has 0 bridgehead atoms. The fourth-order valence-corrected chi connectivity index (χ4v) is 5.00. The van der Waals surface area contributed by atoms with E-state index >= 15 is 0 Å². The van der Waals surface area contributed by atoms with Gasteiger partial charge in [0.1, 0.15) is 18.3 Å². The van der Waals surface area contributed by atoms with Crippen molar-refractivity contribution in [1.29, 1.82) is 0 Å². The second kappa shape index (κ2) is 12.3. The summed E-state index contributed by atoms with van der Waals surface area (Å²) in [5.41, 5.74) is 2.75. The molecule has 204 valence electrons. The van der Waals surface area contributed by atoms with Crippen molar-refractivity contribution < 1.29 is 18.8 Å². The van der Waals surface area contributed by atoms with Crippen LogP contribution in [0.5, 0.6) is 0 Å². The molecule has 1 atom stereocenters. The molecular weight excluding hydrogens is 484 g/mol. The van der Waals surface area contributed by atoms with Gasteiger partial charge in [-0.3, -0.25) is 19.1 Å². The van der Waals surface area contributed by atoms with Crippen molar-refractivity contribution in [3.05, 3.63) is 29.3 Å². The van der Waals surface area contributed by atoms with Gasteiger partial charge in [0.15, 0.2) is 5.78 Å². The molecule has 2 aromatic heterocycles. The molecule has 0 spiro atoms. The number of Topliss-reactive ketones (excluding diaryl/α,β-unsaturated/α-hetero) is 1. The molecule has 0 fully saturated rings. The van der Waals surface area contributed by atoms with Gasteiger partial charge in [0, 0.05) is 38.4 Å². The molecule has 1 aliphatic heterocycles. The summed E-state index contributed by atoms with van der Waals surface area (Å²) >= 11 is 0. The van der Waals surface area contributed by atoms with E-state index in [1.807, 2.05) is 12.1 Å². The number of rotatable bonds is 2. The lowest BCUT2D eigenvalue weighted by atomic mass is 9.98. The van der Waals surface area contributed by atoms with Crippen molar-refractivity contribution in [3.63, 3.8) is 0 Å². The molecule has 0 radical (unpaired) electrons. The van der Waals surface area contributed by atoms with Gasteiger partial charge in [-0.1, -0.05) is 38.5 Å². The second-order valence-electron chi connectivity index (χ2n) is 10.3. The van der Waals surface area contributed by atoms with E-state index in [0.717, 1.165) is 61.6 Å². The summed E-state index contributed by atoms with van der Waals surface area (Å²) in [5, 5.41) is 16.3. The lowest BCUT2D eigenvalue weighted by molar-refractivity contribution is -0.138. The van der Waals surface area contributed by atoms with Crippen LogP contribution in [0.3, 0.4) is 0 Å². The van der Waals surface area contributed by atoms with Crippen molar-refractivity contribution in [2.75, 3.05) is 13.6 Å². The Morgan fingerprint density at radius 1 is 1.03 bits per heavy atom. The van der Waals surface area contributed by atoms with Crippen LogP contribution in [0.4, 0.5) is 0 Å². The van der Waals surface area contributed by atoms with E-state index in [9.17, 15) is 14.4 Å². The summed E-state index contributed by atoms with van der Waals surface area (Å²) in [4.78, 5) is 40.0. The summed E-state index contributed by atoms with van der Waals surface area (Å²) in [6, 6.07) is 3.22. The maximum Gasteiger partial charge on any atom is 0.247 e. The fraction of sp³-hybridized carbons (Fsp3) is 0.571. The molecule has 0 aliphatic carbocycles. The standard InChI is InChI=1S/C28H38N6O4/c1-18-27(37)29-14-12-10-8-6-5-7-9-11-13-21-15-22(28-31-30-20(3)38-28)16-23-25(19(2)35)32-34(26(21)23)17-24(36)33(18)4/h15-16,18H,5-14,17H2,1-4H3,(H,29,37)/t18-/m0/s1. The van der Waals surface area contributed by atoms with Gasteiger partial charge >= 0.3 is 0 Å². The van der Waals surface area contributed by atoms with Crippen LogP contribution in [-0.4, -0.2) is 62.1 Å². The van der Waals surface area contributed by atoms with Crippen molar-refractivity contribution in [1.82, 2.24) is 30.2 Å². The van der Waals surface area contributed by atoms with Gasteiger partial charge in [-0.15, -0.1) is 10.2 Å². The third-order valence-corrected chi connectivity index (χ3v) is 7.34. The summed E-state index contributed by atoms with van der Waals surface area (Å²) in [6.45, 7) is 5.47. The number of ketones is 1. The maximum atomic E-state index is 13.3. The monoisotopic (exact) mass is 522 g/mol. The van der Waals surface area contributed by atoms with Crippen LogP contribution in [0.25, 0.3) is 22.4 Å². The Labute approximate surface area is 223 Å². The number of aromatic nitrogens is 4. The van der Waals surface area contributed by atoms with Gasteiger partial charge in [0.05, 0.1) is 5.52 Å². The Hall–Kier alpha value is -3.56. The minimum absolute atomic E-state index is 0.0795. The fourth-order valence-electron chi connectivity index (χ4n) is 5.00. The molecule has 38 heavy (non-hydrogen) atoms. The number of hydrogen-bond donors (Lipinski definition) is 1. The first kappa shape index (κ1) is 27.5. The Bertz CT molecular complexity index is 1310. The van der Waals surface area contributed by atoms with Gasteiger partial charge in [0.2, 0.25) is 23.6 Å². The average molecular weight is 523 g/mol. The lowest BCUT2D eigenvalue weighted by Crippen LogP contribution is -2.47. The van der Waals surface area contributed by atoms with E-state index < -0.39 is 6.04 Å². The lowest BCUT2D eigenvalue weighted by Gasteiger charge is -2.24. The SMILES string of the molecule is CC(=O)c1nn2c3c(cc(-c4nnc(C)o4)cc13)CCCCCCCCCCNC(=O)[C@H](C)N(C)C(=O)C2. The minimum Gasteiger partial charge on any atom is -0.421 e. The van der Waals surface area contributed by atoms with Crippen molar-refractivity contribution in [2.24, 2.45) is 0 Å². The molecule has 1 aromatic carbocycles. The predicted octanol–water partition coefficient (Wildman–Crippen LogP) is 4.24. The average Bonchev–Trinajstić information content (AvgIpc) is 3.49. The Kier molecular flexibility index (Phi) is 8.91. The first-order chi connectivity index (χ1) is 18.3. The summed E-state index contributed by atoms with van der Waals surface area (Å²) < 4.78 is 7.30. The molecule has 3 heterocycles. The Morgan fingerprint density at radius 2 is 1.71 bits per heavy atom. The van der Waals surface area contributed by atoms with Crippen molar-refractivity contribution in [3.8, 4) is 11.5 Å². The molecule has 1 N–H and O–H groups in total. The van der Waals surface area contributed by atoms with Crippen molar-refractivity contribution in [2.45, 2.75) is 91.1 Å². The smallest absolute Gasteiger partial charge is 0.247 e. The maximum absolute atomic E-state index is 13.3. The topological polar surface area (TPSA) is 123 Å². The highest BCUT2D eigenvalue weighted by Gasteiger charge is 2.26. The normalized spacial score (nSPS) is 19.1. The molecule has 0 saturated carbocycles. The van der Waals surface area contributed by atoms with Crippen LogP contribution in [-0.2, 0) is 22.6 Å². The quantitative estimate of drug-likeness (QED) is 0.499. The summed E-state index contributed by atoms with van der Waals surface area (Å²) in [6.07, 6.45) is 9.54. The number of amides is 2. The van der Waals surface area contributed by atoms with Crippen molar-refractivity contribution >= 4 is 28.5 Å². The number of nitrogens with one attached hydrogen (secondary N) is 1. The second-order valence-corrected chi connectivity index (χ2v) is 10.3. The molecule has 10 nitrogen and oxygen atoms in total. The third kappa shape index (κ3) is 6.28. The number of nitrogens with zero attached hydrogens (tertiary/aromatic N) is 5. The van der Waals surface area contributed by atoms with E-state index in [1.54, 1.807) is 25.6 Å². The van der Waals surface area contributed by atoms with Crippen LogP contribution in [0.15, 0.2) is 16.5 Å². The zero-order valence-electron chi connectivity index (χ0n) is 22.9.